The summed E-state index contributed by atoms with van der Waals surface area (Å²) in [6.07, 6.45) is 5.06. The van der Waals surface area contributed by atoms with Crippen LogP contribution in [0.2, 0.25) is 0 Å². The highest BCUT2D eigenvalue weighted by Crippen LogP contribution is 2.39. The molecule has 1 rings (SSSR count). The standard InChI is InChI=1S/C13H28N2/c1-5-7-13(6-2,10-14)15(4)9-12-8-11(12)3/h11-12H,5-10,14H2,1-4H3. The van der Waals surface area contributed by atoms with Crippen molar-refractivity contribution in [3.05, 3.63) is 0 Å². The fraction of sp³-hybridized carbons (Fsp3) is 1.00. The number of hydrogen-bond donors (Lipinski definition) is 1. The van der Waals surface area contributed by atoms with Gasteiger partial charge in [-0.2, -0.15) is 0 Å². The summed E-state index contributed by atoms with van der Waals surface area (Å²) in [4.78, 5) is 2.53. The number of nitrogens with zero attached hydrogens (tertiary/aromatic N) is 1. The van der Waals surface area contributed by atoms with Gasteiger partial charge in [-0.15, -0.1) is 0 Å². The lowest BCUT2D eigenvalue weighted by Gasteiger charge is -2.41. The SMILES string of the molecule is CCCC(CC)(CN)N(C)CC1CC1C. The maximum absolute atomic E-state index is 5.99. The van der Waals surface area contributed by atoms with Gasteiger partial charge in [0.2, 0.25) is 0 Å². The molecule has 0 spiro atoms. The summed E-state index contributed by atoms with van der Waals surface area (Å²) in [5.74, 6) is 1.88. The first-order valence-electron chi connectivity index (χ1n) is 6.51. The molecule has 0 bridgehead atoms. The van der Waals surface area contributed by atoms with E-state index in [9.17, 15) is 0 Å². The molecule has 90 valence electrons. The fourth-order valence-corrected chi connectivity index (χ4v) is 2.70. The monoisotopic (exact) mass is 212 g/mol. The molecule has 0 aromatic carbocycles. The summed E-state index contributed by atoms with van der Waals surface area (Å²) >= 11 is 0. The molecular weight excluding hydrogens is 184 g/mol. The smallest absolute Gasteiger partial charge is 0.0326 e. The number of hydrogen-bond acceptors (Lipinski definition) is 2. The Labute approximate surface area is 95.2 Å². The Balaban J connectivity index is 2.52. The Morgan fingerprint density at radius 3 is 2.33 bits per heavy atom. The van der Waals surface area contributed by atoms with Crippen molar-refractivity contribution in [2.24, 2.45) is 17.6 Å². The van der Waals surface area contributed by atoms with E-state index < -0.39 is 0 Å². The van der Waals surface area contributed by atoms with Crippen molar-refractivity contribution in [2.75, 3.05) is 20.1 Å². The van der Waals surface area contributed by atoms with E-state index in [1.807, 2.05) is 0 Å². The minimum atomic E-state index is 0.261. The minimum absolute atomic E-state index is 0.261. The summed E-state index contributed by atoms with van der Waals surface area (Å²) in [6.45, 7) is 8.93. The van der Waals surface area contributed by atoms with Gasteiger partial charge in [0, 0.05) is 18.6 Å². The highest BCUT2D eigenvalue weighted by Gasteiger charge is 2.38. The van der Waals surface area contributed by atoms with Crippen LogP contribution < -0.4 is 5.73 Å². The molecule has 1 fully saturated rings. The van der Waals surface area contributed by atoms with Crippen molar-refractivity contribution < 1.29 is 0 Å². The topological polar surface area (TPSA) is 29.3 Å². The van der Waals surface area contributed by atoms with Crippen LogP contribution in [0, 0.1) is 11.8 Å². The van der Waals surface area contributed by atoms with Crippen molar-refractivity contribution in [3.8, 4) is 0 Å². The molecule has 3 atom stereocenters. The highest BCUT2D eigenvalue weighted by atomic mass is 15.2. The summed E-state index contributed by atoms with van der Waals surface area (Å²) in [5.41, 5.74) is 6.26. The zero-order valence-corrected chi connectivity index (χ0v) is 10.9. The molecule has 2 N–H and O–H groups in total. The number of rotatable bonds is 7. The Bertz CT molecular complexity index is 187. The molecule has 1 saturated carbocycles. The van der Waals surface area contributed by atoms with Crippen LogP contribution in [0.3, 0.4) is 0 Å². The van der Waals surface area contributed by atoms with Gasteiger partial charge >= 0.3 is 0 Å². The Morgan fingerprint density at radius 1 is 1.40 bits per heavy atom. The van der Waals surface area contributed by atoms with Gasteiger partial charge in [-0.1, -0.05) is 27.2 Å². The van der Waals surface area contributed by atoms with E-state index in [-0.39, 0.29) is 5.54 Å². The van der Waals surface area contributed by atoms with Gasteiger partial charge in [-0.25, -0.2) is 0 Å². The van der Waals surface area contributed by atoms with Crippen molar-refractivity contribution in [1.29, 1.82) is 0 Å². The van der Waals surface area contributed by atoms with Crippen LogP contribution in [0.4, 0.5) is 0 Å². The lowest BCUT2D eigenvalue weighted by atomic mass is 9.88. The van der Waals surface area contributed by atoms with E-state index in [1.165, 1.54) is 32.2 Å². The summed E-state index contributed by atoms with van der Waals surface area (Å²) in [6, 6.07) is 0. The van der Waals surface area contributed by atoms with Crippen LogP contribution in [-0.2, 0) is 0 Å². The molecule has 0 aromatic rings. The minimum Gasteiger partial charge on any atom is -0.329 e. The second-order valence-corrected chi connectivity index (χ2v) is 5.39. The Hall–Kier alpha value is -0.0800. The van der Waals surface area contributed by atoms with Gasteiger partial charge in [-0.05, 0) is 38.1 Å². The van der Waals surface area contributed by atoms with E-state index in [0.29, 0.717) is 0 Å². The molecule has 0 amide bonds. The van der Waals surface area contributed by atoms with Crippen LogP contribution in [-0.4, -0.2) is 30.6 Å². The molecule has 0 radical (unpaired) electrons. The lowest BCUT2D eigenvalue weighted by Crippen LogP contribution is -2.52. The van der Waals surface area contributed by atoms with Gasteiger partial charge in [-0.3, -0.25) is 4.90 Å². The Morgan fingerprint density at radius 2 is 2.00 bits per heavy atom. The van der Waals surface area contributed by atoms with Gasteiger partial charge in [0.1, 0.15) is 0 Å². The highest BCUT2D eigenvalue weighted by molar-refractivity contribution is 4.93. The van der Waals surface area contributed by atoms with Crippen LogP contribution in [0.15, 0.2) is 0 Å². The van der Waals surface area contributed by atoms with E-state index in [0.717, 1.165) is 18.4 Å². The van der Waals surface area contributed by atoms with Crippen LogP contribution in [0.5, 0.6) is 0 Å². The molecule has 15 heavy (non-hydrogen) atoms. The molecule has 3 unspecified atom stereocenters. The van der Waals surface area contributed by atoms with Crippen molar-refractivity contribution in [3.63, 3.8) is 0 Å². The van der Waals surface area contributed by atoms with Crippen LogP contribution in [0.1, 0.15) is 46.5 Å². The predicted octanol–water partition coefficient (Wildman–Crippen LogP) is 2.48. The molecule has 0 saturated heterocycles. The fourth-order valence-electron chi connectivity index (χ4n) is 2.70. The predicted molar refractivity (Wildman–Crippen MR) is 66.9 cm³/mol. The third kappa shape index (κ3) is 2.94. The lowest BCUT2D eigenvalue weighted by molar-refractivity contribution is 0.102. The summed E-state index contributed by atoms with van der Waals surface area (Å²) in [7, 11) is 2.26. The van der Waals surface area contributed by atoms with E-state index in [4.69, 9.17) is 5.73 Å². The zero-order chi connectivity index (χ0) is 11.5. The van der Waals surface area contributed by atoms with Crippen LogP contribution in [0.25, 0.3) is 0 Å². The molecular formula is C13H28N2. The number of nitrogens with two attached hydrogens (primary N) is 1. The van der Waals surface area contributed by atoms with E-state index in [2.05, 4.69) is 32.7 Å². The van der Waals surface area contributed by atoms with Crippen molar-refractivity contribution in [1.82, 2.24) is 4.90 Å². The van der Waals surface area contributed by atoms with Crippen molar-refractivity contribution in [2.45, 2.75) is 52.0 Å². The first-order valence-corrected chi connectivity index (χ1v) is 6.51. The molecule has 0 aliphatic heterocycles. The van der Waals surface area contributed by atoms with Gasteiger partial charge < -0.3 is 5.73 Å². The third-order valence-corrected chi connectivity index (χ3v) is 4.35. The average molecular weight is 212 g/mol. The average Bonchev–Trinajstić information content (AvgIpc) is 2.90. The summed E-state index contributed by atoms with van der Waals surface area (Å²) < 4.78 is 0. The van der Waals surface area contributed by atoms with Crippen LogP contribution >= 0.6 is 0 Å². The molecule has 0 aromatic heterocycles. The first kappa shape index (κ1) is 13.0. The molecule has 2 nitrogen and oxygen atoms in total. The zero-order valence-electron chi connectivity index (χ0n) is 10.9. The first-order chi connectivity index (χ1) is 7.09. The van der Waals surface area contributed by atoms with E-state index in [1.54, 1.807) is 0 Å². The maximum atomic E-state index is 5.99. The quantitative estimate of drug-likeness (QED) is 0.702. The largest absolute Gasteiger partial charge is 0.329 e. The second kappa shape index (κ2) is 5.31. The van der Waals surface area contributed by atoms with E-state index >= 15 is 0 Å². The number of likely N-dealkylation sites (N-methyl/N-ethyl adjacent to an activating group) is 1. The van der Waals surface area contributed by atoms with Gasteiger partial charge in [0.15, 0.2) is 0 Å². The normalized spacial score (nSPS) is 29.2. The Kier molecular flexibility index (Phi) is 4.60. The molecule has 1 aliphatic rings. The van der Waals surface area contributed by atoms with Gasteiger partial charge in [0.05, 0.1) is 0 Å². The molecule has 0 heterocycles. The molecule has 1 aliphatic carbocycles. The molecule has 2 heteroatoms. The maximum Gasteiger partial charge on any atom is 0.0326 e. The van der Waals surface area contributed by atoms with Crippen molar-refractivity contribution >= 4 is 0 Å². The summed E-state index contributed by atoms with van der Waals surface area (Å²) in [5, 5.41) is 0. The van der Waals surface area contributed by atoms with Gasteiger partial charge in [0.25, 0.3) is 0 Å². The second-order valence-electron chi connectivity index (χ2n) is 5.39. The third-order valence-electron chi connectivity index (χ3n) is 4.35.